The Labute approximate surface area is 128 Å². The van der Waals surface area contributed by atoms with Gasteiger partial charge in [0.2, 0.25) is 0 Å². The molecule has 0 amide bonds. The van der Waals surface area contributed by atoms with E-state index < -0.39 is 20.6 Å². The van der Waals surface area contributed by atoms with Crippen molar-refractivity contribution < 1.29 is 15.7 Å². The van der Waals surface area contributed by atoms with Gasteiger partial charge in [-0.3, -0.25) is 0 Å². The number of rotatable bonds is 5. The first kappa shape index (κ1) is 16.9. The molecular formula is C15H21IO4. The van der Waals surface area contributed by atoms with Gasteiger partial charge in [0.1, 0.15) is 0 Å². The van der Waals surface area contributed by atoms with Gasteiger partial charge in [-0.15, -0.1) is 0 Å². The van der Waals surface area contributed by atoms with Gasteiger partial charge in [-0.25, -0.2) is 0 Å². The molecule has 0 radical (unpaired) electrons. The number of aryl methyl sites for hydroxylation is 1. The van der Waals surface area contributed by atoms with Crippen LogP contribution >= 0.6 is 20.6 Å². The molecule has 20 heavy (non-hydrogen) atoms. The average molecular weight is 392 g/mol. The zero-order valence-corrected chi connectivity index (χ0v) is 14.6. The molecule has 0 atom stereocenters. The fraction of sp³-hybridized carbons (Fsp3) is 0.467. The number of carbonyl (C=O) groups excluding carboxylic acids is 2. The Bertz CT molecular complexity index is 443. The van der Waals surface area contributed by atoms with E-state index in [1.165, 1.54) is 0 Å². The summed E-state index contributed by atoms with van der Waals surface area (Å²) in [6, 6.07) is 7.57. The van der Waals surface area contributed by atoms with Crippen LogP contribution in [0.4, 0.5) is 0 Å². The van der Waals surface area contributed by atoms with Crippen molar-refractivity contribution in [1.29, 1.82) is 0 Å². The third-order valence-electron chi connectivity index (χ3n) is 2.42. The van der Waals surface area contributed by atoms with Crippen molar-refractivity contribution in [2.75, 3.05) is 0 Å². The van der Waals surface area contributed by atoms with E-state index in [4.69, 9.17) is 6.13 Å². The molecular weight excluding hydrogens is 371 g/mol. The number of carbonyl (C=O) groups is 2. The Balaban J connectivity index is 2.91. The number of hydrogen-bond acceptors (Lipinski definition) is 4. The summed E-state index contributed by atoms with van der Waals surface area (Å²) in [5.74, 6) is -1.13. The second-order valence-electron chi connectivity index (χ2n) is 5.11. The fourth-order valence-corrected chi connectivity index (χ4v) is 4.41. The Morgan fingerprint density at radius 2 is 1.30 bits per heavy atom. The Kier molecular flexibility index (Phi) is 6.45. The SMILES string of the molecule is Cc1ccc(I(OC(=O)C(C)C)OC(=O)C(C)C)cc1. The summed E-state index contributed by atoms with van der Waals surface area (Å²) in [4.78, 5) is 23.5. The van der Waals surface area contributed by atoms with Crippen molar-refractivity contribution in [2.45, 2.75) is 34.6 Å². The van der Waals surface area contributed by atoms with Crippen LogP contribution < -0.4 is 0 Å². The molecule has 0 aliphatic heterocycles. The summed E-state index contributed by atoms with van der Waals surface area (Å²) in [5, 5.41) is 0. The first-order chi connectivity index (χ1) is 9.31. The molecule has 112 valence electrons. The molecule has 0 heterocycles. The first-order valence-electron chi connectivity index (χ1n) is 6.52. The van der Waals surface area contributed by atoms with Crippen molar-refractivity contribution in [3.8, 4) is 0 Å². The van der Waals surface area contributed by atoms with E-state index in [0.717, 1.165) is 9.13 Å². The minimum atomic E-state index is -2.74. The van der Waals surface area contributed by atoms with E-state index in [2.05, 4.69) is 0 Å². The molecule has 0 saturated carbocycles. The van der Waals surface area contributed by atoms with Gasteiger partial charge in [0, 0.05) is 0 Å². The second-order valence-corrected chi connectivity index (χ2v) is 8.48. The van der Waals surface area contributed by atoms with E-state index in [0.29, 0.717) is 0 Å². The molecule has 0 saturated heterocycles. The maximum atomic E-state index is 11.8. The van der Waals surface area contributed by atoms with Gasteiger partial charge in [-0.05, 0) is 0 Å². The van der Waals surface area contributed by atoms with Crippen LogP contribution in [0.2, 0.25) is 0 Å². The van der Waals surface area contributed by atoms with Gasteiger partial charge in [0.15, 0.2) is 0 Å². The van der Waals surface area contributed by atoms with Gasteiger partial charge >= 0.3 is 128 Å². The molecule has 0 N–H and O–H groups in total. The van der Waals surface area contributed by atoms with Crippen LogP contribution in [0.15, 0.2) is 24.3 Å². The van der Waals surface area contributed by atoms with Crippen LogP contribution in [0.25, 0.3) is 0 Å². The van der Waals surface area contributed by atoms with Crippen molar-refractivity contribution in [3.63, 3.8) is 0 Å². The minimum absolute atomic E-state index is 0.238. The molecule has 0 aromatic heterocycles. The number of benzene rings is 1. The molecule has 0 bridgehead atoms. The van der Waals surface area contributed by atoms with Gasteiger partial charge in [-0.2, -0.15) is 0 Å². The van der Waals surface area contributed by atoms with Crippen LogP contribution in [0, 0.1) is 22.3 Å². The van der Waals surface area contributed by atoms with E-state index in [1.54, 1.807) is 27.7 Å². The zero-order chi connectivity index (χ0) is 15.3. The van der Waals surface area contributed by atoms with E-state index in [9.17, 15) is 9.59 Å². The summed E-state index contributed by atoms with van der Waals surface area (Å²) in [7, 11) is 0. The molecule has 1 aromatic carbocycles. The molecule has 0 aliphatic carbocycles. The topological polar surface area (TPSA) is 52.6 Å². The molecule has 4 nitrogen and oxygen atoms in total. The predicted octanol–water partition coefficient (Wildman–Crippen LogP) is 3.90. The summed E-state index contributed by atoms with van der Waals surface area (Å²) < 4.78 is 11.7. The Morgan fingerprint density at radius 1 is 0.900 bits per heavy atom. The Morgan fingerprint density at radius 3 is 1.65 bits per heavy atom. The molecule has 1 aromatic rings. The van der Waals surface area contributed by atoms with Crippen LogP contribution in [0.1, 0.15) is 33.3 Å². The van der Waals surface area contributed by atoms with Gasteiger partial charge in [0.25, 0.3) is 0 Å². The van der Waals surface area contributed by atoms with Crippen LogP contribution in [0.5, 0.6) is 0 Å². The summed E-state index contributed by atoms with van der Waals surface area (Å²) in [6.07, 6.45) is 0. The van der Waals surface area contributed by atoms with E-state index >= 15 is 0 Å². The quantitative estimate of drug-likeness (QED) is 0.714. The predicted molar refractivity (Wildman–Crippen MR) is 85.8 cm³/mol. The van der Waals surface area contributed by atoms with Crippen LogP contribution in [-0.2, 0) is 15.7 Å². The third-order valence-corrected chi connectivity index (χ3v) is 5.83. The normalized spacial score (nSPS) is 11.4. The molecule has 0 aliphatic rings. The second kappa shape index (κ2) is 7.61. The summed E-state index contributed by atoms with van der Waals surface area (Å²) in [6.45, 7) is 9.01. The Hall–Kier alpha value is -1.11. The molecule has 1 rings (SSSR count). The third kappa shape index (κ3) is 5.11. The van der Waals surface area contributed by atoms with Crippen molar-refractivity contribution in [3.05, 3.63) is 33.4 Å². The summed E-state index contributed by atoms with van der Waals surface area (Å²) >= 11 is -2.74. The number of halogens is 1. The van der Waals surface area contributed by atoms with E-state index in [1.807, 2.05) is 31.2 Å². The van der Waals surface area contributed by atoms with Crippen LogP contribution in [0.3, 0.4) is 0 Å². The summed E-state index contributed by atoms with van der Waals surface area (Å²) in [5.41, 5.74) is 1.11. The van der Waals surface area contributed by atoms with Crippen molar-refractivity contribution in [1.82, 2.24) is 0 Å². The van der Waals surface area contributed by atoms with E-state index in [-0.39, 0.29) is 23.8 Å². The first-order valence-corrected chi connectivity index (χ1v) is 9.36. The molecule has 5 heteroatoms. The maximum absolute atomic E-state index is 11.8. The number of hydrogen-bond donors (Lipinski definition) is 0. The standard InChI is InChI=1S/C15H21IO4/c1-10(2)14(17)19-16(20-15(18)11(3)4)13-8-6-12(5)7-9-13/h6-11H,1-5H3. The van der Waals surface area contributed by atoms with Gasteiger partial charge in [-0.1, -0.05) is 0 Å². The average Bonchev–Trinajstić information content (AvgIpc) is 2.38. The monoisotopic (exact) mass is 392 g/mol. The van der Waals surface area contributed by atoms with Crippen molar-refractivity contribution >= 4 is 32.6 Å². The van der Waals surface area contributed by atoms with Crippen molar-refractivity contribution in [2.24, 2.45) is 11.8 Å². The fourth-order valence-electron chi connectivity index (χ4n) is 1.06. The molecule has 0 fully saturated rings. The van der Waals surface area contributed by atoms with Crippen LogP contribution in [-0.4, -0.2) is 11.9 Å². The zero-order valence-electron chi connectivity index (χ0n) is 12.5. The van der Waals surface area contributed by atoms with Gasteiger partial charge in [0.05, 0.1) is 0 Å². The molecule has 0 unspecified atom stereocenters. The van der Waals surface area contributed by atoms with Gasteiger partial charge < -0.3 is 0 Å². The molecule has 0 spiro atoms.